The highest BCUT2D eigenvalue weighted by Crippen LogP contribution is 2.74. The van der Waals surface area contributed by atoms with Crippen LogP contribution in [0.25, 0.3) is 0 Å². The Kier molecular flexibility index (Phi) is 4.38. The van der Waals surface area contributed by atoms with E-state index >= 15 is 0 Å². The number of fused-ring (bicyclic) bond motifs is 6. The summed E-state index contributed by atoms with van der Waals surface area (Å²) in [6.45, 7) is 18.6. The van der Waals surface area contributed by atoms with Crippen molar-refractivity contribution in [3.63, 3.8) is 0 Å². The van der Waals surface area contributed by atoms with Gasteiger partial charge < -0.3 is 0 Å². The lowest BCUT2D eigenvalue weighted by atomic mass is 9.35. The van der Waals surface area contributed by atoms with Crippen LogP contribution in [-0.4, -0.2) is 0 Å². The maximum atomic E-state index is 2.77. The average molecular weight is 397 g/mol. The Bertz CT molecular complexity index is 726. The molecule has 5 aliphatic carbocycles. The first-order valence-corrected chi connectivity index (χ1v) is 13.2. The van der Waals surface area contributed by atoms with Crippen LogP contribution in [0.3, 0.4) is 0 Å². The molecular formula is C29H48. The highest BCUT2D eigenvalue weighted by Gasteiger charge is 2.65. The fourth-order valence-corrected chi connectivity index (χ4v) is 10.2. The Balaban J connectivity index is 1.60. The SMILES string of the molecule is C[C@@H]1CCC[C@]2(C)[C@H]3CCC4=C5CC(C)(C)CC[C@]5(C)CC[C@@]4(C)[C@]3(C)CC[C@@H]12. The monoisotopic (exact) mass is 396 g/mol. The van der Waals surface area contributed by atoms with Crippen molar-refractivity contribution in [1.29, 1.82) is 0 Å². The lowest BCUT2D eigenvalue weighted by Gasteiger charge is -2.69. The molecule has 0 N–H and O–H groups in total. The van der Waals surface area contributed by atoms with Gasteiger partial charge in [-0.05, 0) is 109 Å². The molecule has 4 fully saturated rings. The molecule has 0 saturated heterocycles. The fourth-order valence-electron chi connectivity index (χ4n) is 10.2. The maximum Gasteiger partial charge on any atom is -0.00566 e. The van der Waals surface area contributed by atoms with Crippen LogP contribution < -0.4 is 0 Å². The van der Waals surface area contributed by atoms with E-state index in [9.17, 15) is 0 Å². The third kappa shape index (κ3) is 2.62. The van der Waals surface area contributed by atoms with Crippen molar-refractivity contribution in [3.8, 4) is 0 Å². The molecule has 0 heterocycles. The molecule has 0 bridgehead atoms. The zero-order valence-corrected chi connectivity index (χ0v) is 20.7. The van der Waals surface area contributed by atoms with Gasteiger partial charge in [-0.25, -0.2) is 0 Å². The number of allylic oxidation sites excluding steroid dienone is 2. The van der Waals surface area contributed by atoms with Crippen LogP contribution in [0.4, 0.5) is 0 Å². The summed E-state index contributed by atoms with van der Waals surface area (Å²) in [5.74, 6) is 2.90. The molecule has 7 atom stereocenters. The van der Waals surface area contributed by atoms with Crippen molar-refractivity contribution in [2.75, 3.05) is 0 Å². The normalized spacial score (nSPS) is 54.1. The molecule has 5 rings (SSSR count). The molecule has 29 heavy (non-hydrogen) atoms. The lowest BCUT2D eigenvalue weighted by Crippen LogP contribution is -2.61. The van der Waals surface area contributed by atoms with Gasteiger partial charge in [0, 0.05) is 0 Å². The van der Waals surface area contributed by atoms with E-state index in [4.69, 9.17) is 0 Å². The summed E-state index contributed by atoms with van der Waals surface area (Å²) in [5.41, 5.74) is 6.56. The van der Waals surface area contributed by atoms with Crippen LogP contribution in [0.5, 0.6) is 0 Å². The predicted molar refractivity (Wildman–Crippen MR) is 125 cm³/mol. The van der Waals surface area contributed by atoms with E-state index in [-0.39, 0.29) is 0 Å². The first-order chi connectivity index (χ1) is 13.5. The summed E-state index contributed by atoms with van der Waals surface area (Å²) in [6.07, 6.45) is 17.6. The van der Waals surface area contributed by atoms with E-state index in [0.717, 1.165) is 17.8 Å². The molecule has 0 heteroatoms. The Labute approximate surface area is 181 Å². The number of hydrogen-bond donors (Lipinski definition) is 0. The molecule has 0 aromatic carbocycles. The highest BCUT2D eigenvalue weighted by molar-refractivity contribution is 5.37. The molecular weight excluding hydrogens is 348 g/mol. The molecule has 0 aromatic heterocycles. The van der Waals surface area contributed by atoms with Crippen LogP contribution in [0.2, 0.25) is 0 Å². The topological polar surface area (TPSA) is 0 Å². The van der Waals surface area contributed by atoms with E-state index in [1.807, 2.05) is 11.1 Å². The van der Waals surface area contributed by atoms with Crippen molar-refractivity contribution in [1.82, 2.24) is 0 Å². The van der Waals surface area contributed by atoms with Gasteiger partial charge in [-0.1, -0.05) is 72.5 Å². The van der Waals surface area contributed by atoms with Gasteiger partial charge in [-0.2, -0.15) is 0 Å². The van der Waals surface area contributed by atoms with E-state index in [1.54, 1.807) is 0 Å². The minimum absolute atomic E-state index is 0.465. The molecule has 0 aliphatic heterocycles. The van der Waals surface area contributed by atoms with Crippen molar-refractivity contribution in [2.45, 2.75) is 126 Å². The van der Waals surface area contributed by atoms with Crippen LogP contribution in [0.15, 0.2) is 11.1 Å². The Hall–Kier alpha value is -0.260. The number of rotatable bonds is 0. The van der Waals surface area contributed by atoms with Gasteiger partial charge in [0.05, 0.1) is 0 Å². The number of hydrogen-bond acceptors (Lipinski definition) is 0. The molecule has 5 aliphatic rings. The van der Waals surface area contributed by atoms with Crippen LogP contribution in [0.1, 0.15) is 126 Å². The fraction of sp³-hybridized carbons (Fsp3) is 0.931. The van der Waals surface area contributed by atoms with Gasteiger partial charge in [0.15, 0.2) is 0 Å². The maximum absolute atomic E-state index is 2.77. The Morgan fingerprint density at radius 3 is 2.21 bits per heavy atom. The van der Waals surface area contributed by atoms with Crippen molar-refractivity contribution in [3.05, 3.63) is 11.1 Å². The largest absolute Gasteiger partial charge is 0.0640 e. The molecule has 0 unspecified atom stereocenters. The summed E-state index contributed by atoms with van der Waals surface area (Å²) in [5, 5.41) is 0. The average Bonchev–Trinajstić information content (AvgIpc) is 2.63. The van der Waals surface area contributed by atoms with Gasteiger partial charge in [0.1, 0.15) is 0 Å². The summed E-state index contributed by atoms with van der Waals surface area (Å²) in [6, 6.07) is 0. The van der Waals surface area contributed by atoms with Crippen LogP contribution >= 0.6 is 0 Å². The highest BCUT2D eigenvalue weighted by atomic mass is 14.7. The van der Waals surface area contributed by atoms with Gasteiger partial charge in [-0.3, -0.25) is 0 Å². The Morgan fingerprint density at radius 2 is 1.45 bits per heavy atom. The first-order valence-electron chi connectivity index (χ1n) is 13.2. The predicted octanol–water partition coefficient (Wildman–Crippen LogP) is 8.95. The minimum atomic E-state index is 0.465. The molecule has 0 amide bonds. The minimum Gasteiger partial charge on any atom is -0.0640 e. The van der Waals surface area contributed by atoms with Crippen molar-refractivity contribution in [2.24, 2.45) is 44.8 Å². The summed E-state index contributed by atoms with van der Waals surface area (Å²) >= 11 is 0. The Morgan fingerprint density at radius 1 is 0.724 bits per heavy atom. The van der Waals surface area contributed by atoms with Gasteiger partial charge in [0.25, 0.3) is 0 Å². The third-order valence-corrected chi connectivity index (χ3v) is 12.3. The summed E-state index contributed by atoms with van der Waals surface area (Å²) in [4.78, 5) is 0. The zero-order valence-electron chi connectivity index (χ0n) is 20.7. The first kappa shape index (κ1) is 20.6. The molecule has 0 nitrogen and oxygen atoms in total. The molecule has 164 valence electrons. The van der Waals surface area contributed by atoms with Gasteiger partial charge >= 0.3 is 0 Å². The summed E-state index contributed by atoms with van der Waals surface area (Å²) < 4.78 is 0. The molecule has 4 saturated carbocycles. The van der Waals surface area contributed by atoms with Crippen LogP contribution in [0, 0.1) is 44.8 Å². The lowest BCUT2D eigenvalue weighted by molar-refractivity contribution is -0.163. The second-order valence-electron chi connectivity index (χ2n) is 14.2. The van der Waals surface area contributed by atoms with E-state index in [2.05, 4.69) is 48.5 Å². The molecule has 0 radical (unpaired) electrons. The molecule has 0 aromatic rings. The van der Waals surface area contributed by atoms with E-state index < -0.39 is 0 Å². The zero-order chi connectivity index (χ0) is 20.9. The third-order valence-electron chi connectivity index (χ3n) is 12.3. The van der Waals surface area contributed by atoms with Crippen molar-refractivity contribution >= 4 is 0 Å². The quantitative estimate of drug-likeness (QED) is 0.358. The van der Waals surface area contributed by atoms with Gasteiger partial charge in [0.2, 0.25) is 0 Å². The second kappa shape index (κ2) is 6.16. The smallest absolute Gasteiger partial charge is 0.00566 e. The van der Waals surface area contributed by atoms with Crippen molar-refractivity contribution < 1.29 is 0 Å². The van der Waals surface area contributed by atoms with E-state index in [1.165, 1.54) is 77.0 Å². The van der Waals surface area contributed by atoms with E-state index in [0.29, 0.717) is 27.1 Å². The van der Waals surface area contributed by atoms with Crippen LogP contribution in [-0.2, 0) is 0 Å². The standard InChI is InChI=1S/C29H48/c1-20-9-8-13-27(5)21(20)12-14-29(7)24(27)11-10-22-23-19-25(2,3)15-16-26(23,4)17-18-28(22,29)6/h20-21,24H,8-19H2,1-7H3/t20-,21+,24-,26-,27+,28-,29-/m1/s1. The molecule has 0 spiro atoms. The summed E-state index contributed by atoms with van der Waals surface area (Å²) in [7, 11) is 0. The second-order valence-corrected chi connectivity index (χ2v) is 14.2. The van der Waals surface area contributed by atoms with Gasteiger partial charge in [-0.15, -0.1) is 0 Å².